The number of hydrogen-bond donors (Lipinski definition) is 0. The van der Waals surface area contributed by atoms with E-state index in [9.17, 15) is 26.4 Å². The zero-order valence-corrected chi connectivity index (χ0v) is 16.7. The predicted octanol–water partition coefficient (Wildman–Crippen LogP) is 3.31. The maximum absolute atomic E-state index is 13.9. The molecule has 2 heterocycles. The van der Waals surface area contributed by atoms with E-state index < -0.39 is 38.3 Å². The lowest BCUT2D eigenvalue weighted by Gasteiger charge is -2.33. The zero-order chi connectivity index (χ0) is 21.6. The van der Waals surface area contributed by atoms with Gasteiger partial charge in [-0.1, -0.05) is 0 Å². The maximum Gasteiger partial charge on any atom is 0.289 e. The minimum Gasteiger partial charge on any atom is -0.451 e. The average Bonchev–Trinajstić information content (AvgIpc) is 3.05. The fourth-order valence-electron chi connectivity index (χ4n) is 3.49. The van der Waals surface area contributed by atoms with Gasteiger partial charge in [-0.2, -0.15) is 4.31 Å². The van der Waals surface area contributed by atoms with Crippen LogP contribution in [0.4, 0.5) is 13.2 Å². The molecule has 158 valence electrons. The minimum absolute atomic E-state index is 0.0415. The Morgan fingerprint density at radius 2 is 1.60 bits per heavy atom. The van der Waals surface area contributed by atoms with Crippen molar-refractivity contribution in [3.8, 4) is 0 Å². The normalized spacial score (nSPS) is 15.7. The summed E-state index contributed by atoms with van der Waals surface area (Å²) in [5.41, 5.74) is 0.867. The number of carbonyl (C=O) groups excluding carboxylic acids is 1. The summed E-state index contributed by atoms with van der Waals surface area (Å²) >= 11 is 0. The molecule has 10 heteroatoms. The topological polar surface area (TPSA) is 70.8 Å². The van der Waals surface area contributed by atoms with Crippen LogP contribution >= 0.6 is 0 Å². The van der Waals surface area contributed by atoms with E-state index >= 15 is 0 Å². The van der Waals surface area contributed by atoms with E-state index in [2.05, 4.69) is 0 Å². The van der Waals surface area contributed by atoms with E-state index in [0.717, 1.165) is 16.4 Å². The van der Waals surface area contributed by atoms with Crippen LogP contribution in [-0.4, -0.2) is 49.7 Å². The molecule has 1 saturated heterocycles. The maximum atomic E-state index is 13.9. The third-order valence-corrected chi connectivity index (χ3v) is 7.04. The number of hydrogen-bond acceptors (Lipinski definition) is 4. The van der Waals surface area contributed by atoms with Gasteiger partial charge in [-0.15, -0.1) is 0 Å². The third kappa shape index (κ3) is 3.46. The van der Waals surface area contributed by atoms with Gasteiger partial charge in [0.15, 0.2) is 5.76 Å². The smallest absolute Gasteiger partial charge is 0.289 e. The second kappa shape index (κ2) is 7.44. The number of piperazine rings is 1. The van der Waals surface area contributed by atoms with Crippen molar-refractivity contribution in [3.05, 3.63) is 65.2 Å². The van der Waals surface area contributed by atoms with Gasteiger partial charge >= 0.3 is 0 Å². The highest BCUT2D eigenvalue weighted by molar-refractivity contribution is 7.89. The number of sulfonamides is 1. The number of fused-ring (bicyclic) bond motifs is 1. The first kappa shape index (κ1) is 20.4. The van der Waals surface area contributed by atoms with Crippen LogP contribution in [0, 0.1) is 24.4 Å². The summed E-state index contributed by atoms with van der Waals surface area (Å²) in [6.45, 7) is 1.56. The van der Waals surface area contributed by atoms with Crippen molar-refractivity contribution >= 4 is 26.9 Å². The van der Waals surface area contributed by atoms with Gasteiger partial charge in [-0.05, 0) is 43.3 Å². The summed E-state index contributed by atoms with van der Waals surface area (Å²) in [5, 5.41) is 0.487. The molecule has 0 N–H and O–H groups in total. The zero-order valence-electron chi connectivity index (χ0n) is 15.9. The van der Waals surface area contributed by atoms with Crippen molar-refractivity contribution in [2.75, 3.05) is 26.2 Å². The van der Waals surface area contributed by atoms with Crippen molar-refractivity contribution in [1.29, 1.82) is 0 Å². The second-order valence-electron chi connectivity index (χ2n) is 6.97. The molecule has 0 saturated carbocycles. The fraction of sp³-hybridized carbons (Fsp3) is 0.250. The van der Waals surface area contributed by atoms with Gasteiger partial charge in [0, 0.05) is 37.1 Å². The molecule has 2 aromatic carbocycles. The van der Waals surface area contributed by atoms with Crippen LogP contribution in [0.3, 0.4) is 0 Å². The molecule has 0 bridgehead atoms. The summed E-state index contributed by atoms with van der Waals surface area (Å²) < 4.78 is 72.8. The van der Waals surface area contributed by atoms with Gasteiger partial charge < -0.3 is 9.32 Å². The first-order valence-corrected chi connectivity index (χ1v) is 10.6. The summed E-state index contributed by atoms with van der Waals surface area (Å²) in [4.78, 5) is 13.5. The highest BCUT2D eigenvalue weighted by atomic mass is 32.2. The molecule has 1 amide bonds. The number of furan rings is 1. The lowest BCUT2D eigenvalue weighted by atomic mass is 10.1. The lowest BCUT2D eigenvalue weighted by Crippen LogP contribution is -2.50. The molecule has 1 aliphatic rings. The Labute approximate surface area is 170 Å². The van der Waals surface area contributed by atoms with E-state index in [0.29, 0.717) is 22.6 Å². The molecule has 0 atom stereocenters. The van der Waals surface area contributed by atoms with Crippen molar-refractivity contribution in [2.24, 2.45) is 0 Å². The van der Waals surface area contributed by atoms with E-state index in [1.54, 1.807) is 6.92 Å². The Hall–Kier alpha value is -2.85. The number of carbonyl (C=O) groups is 1. The van der Waals surface area contributed by atoms with Gasteiger partial charge in [-0.25, -0.2) is 21.6 Å². The van der Waals surface area contributed by atoms with Crippen LogP contribution in [-0.2, 0) is 10.0 Å². The molecule has 4 rings (SSSR count). The third-order valence-electron chi connectivity index (χ3n) is 5.13. The highest BCUT2D eigenvalue weighted by Crippen LogP contribution is 2.28. The van der Waals surface area contributed by atoms with Crippen molar-refractivity contribution in [2.45, 2.75) is 11.8 Å². The van der Waals surface area contributed by atoms with Crippen LogP contribution in [0.15, 0.2) is 45.7 Å². The number of halogens is 3. The monoisotopic (exact) mass is 438 g/mol. The number of rotatable bonds is 3. The minimum atomic E-state index is -4.25. The molecule has 30 heavy (non-hydrogen) atoms. The largest absolute Gasteiger partial charge is 0.451 e. The Balaban J connectivity index is 1.53. The molecular weight excluding hydrogens is 421 g/mol. The van der Waals surface area contributed by atoms with E-state index in [4.69, 9.17) is 4.42 Å². The van der Waals surface area contributed by atoms with Crippen LogP contribution in [0.5, 0.6) is 0 Å². The van der Waals surface area contributed by atoms with E-state index in [1.807, 2.05) is 0 Å². The van der Waals surface area contributed by atoms with E-state index in [1.165, 1.54) is 23.1 Å². The van der Waals surface area contributed by atoms with Crippen LogP contribution in [0.1, 0.15) is 16.1 Å². The number of amides is 1. The van der Waals surface area contributed by atoms with Crippen LogP contribution in [0.2, 0.25) is 0 Å². The van der Waals surface area contributed by atoms with Gasteiger partial charge in [0.1, 0.15) is 27.9 Å². The fourth-order valence-corrected chi connectivity index (χ4v) is 4.98. The summed E-state index contributed by atoms with van der Waals surface area (Å²) in [6.07, 6.45) is 0. The number of benzene rings is 2. The Morgan fingerprint density at radius 3 is 2.30 bits per heavy atom. The summed E-state index contributed by atoms with van der Waals surface area (Å²) in [5.74, 6) is -2.74. The Kier molecular flexibility index (Phi) is 5.07. The molecule has 1 aliphatic heterocycles. The SMILES string of the molecule is Cc1c(C(=O)N2CCN(S(=O)(=O)c3cc(F)ccc3F)CC2)oc2ccc(F)cc12. The van der Waals surface area contributed by atoms with Crippen LogP contribution in [0.25, 0.3) is 11.0 Å². The van der Waals surface area contributed by atoms with E-state index in [-0.39, 0.29) is 31.9 Å². The lowest BCUT2D eigenvalue weighted by molar-refractivity contribution is 0.0667. The summed E-state index contributed by atoms with van der Waals surface area (Å²) in [7, 11) is -4.25. The Bertz CT molecular complexity index is 1250. The molecule has 0 radical (unpaired) electrons. The molecule has 0 unspecified atom stereocenters. The quantitative estimate of drug-likeness (QED) is 0.629. The van der Waals surface area contributed by atoms with Crippen molar-refractivity contribution in [3.63, 3.8) is 0 Å². The van der Waals surface area contributed by atoms with Crippen LogP contribution < -0.4 is 0 Å². The second-order valence-corrected chi connectivity index (χ2v) is 8.87. The molecular formula is C20H17F3N2O4S. The van der Waals surface area contributed by atoms with Gasteiger partial charge in [0.05, 0.1) is 0 Å². The van der Waals surface area contributed by atoms with Gasteiger partial charge in [-0.3, -0.25) is 4.79 Å². The molecule has 1 aromatic heterocycles. The number of aryl methyl sites for hydroxylation is 1. The summed E-state index contributed by atoms with van der Waals surface area (Å²) in [6, 6.07) is 6.19. The Morgan fingerprint density at radius 1 is 0.967 bits per heavy atom. The van der Waals surface area contributed by atoms with Gasteiger partial charge in [0.2, 0.25) is 10.0 Å². The first-order valence-electron chi connectivity index (χ1n) is 9.11. The number of nitrogens with zero attached hydrogens (tertiary/aromatic N) is 2. The molecule has 1 fully saturated rings. The average molecular weight is 438 g/mol. The predicted molar refractivity (Wildman–Crippen MR) is 102 cm³/mol. The molecule has 6 nitrogen and oxygen atoms in total. The first-order chi connectivity index (χ1) is 14.2. The van der Waals surface area contributed by atoms with Crippen molar-refractivity contribution < 1.29 is 30.8 Å². The van der Waals surface area contributed by atoms with Gasteiger partial charge in [0.25, 0.3) is 5.91 Å². The highest BCUT2D eigenvalue weighted by Gasteiger charge is 2.33. The molecule has 0 spiro atoms. The molecule has 0 aliphatic carbocycles. The van der Waals surface area contributed by atoms with Crippen molar-refractivity contribution in [1.82, 2.24) is 9.21 Å². The standard InChI is InChI=1S/C20H17F3N2O4S/c1-12-15-10-13(21)3-5-17(15)29-19(12)20(26)24-6-8-25(9-7-24)30(27,28)18-11-14(22)2-4-16(18)23/h2-5,10-11H,6-9H2,1H3. The molecule has 3 aromatic rings.